The first-order valence-corrected chi connectivity index (χ1v) is 9.87. The lowest BCUT2D eigenvalue weighted by molar-refractivity contribution is -0.130. The van der Waals surface area contributed by atoms with Crippen molar-refractivity contribution in [1.82, 2.24) is 9.80 Å². The molecule has 0 bridgehead atoms. The fourth-order valence-electron chi connectivity index (χ4n) is 3.99. The molecule has 2 saturated heterocycles. The van der Waals surface area contributed by atoms with E-state index in [4.69, 9.17) is 0 Å². The third kappa shape index (κ3) is 3.15. The highest BCUT2D eigenvalue weighted by molar-refractivity contribution is 7.08. The smallest absolute Gasteiger partial charge is 0.241 e. The summed E-state index contributed by atoms with van der Waals surface area (Å²) >= 11 is 1.62. The van der Waals surface area contributed by atoms with E-state index in [1.54, 1.807) is 11.3 Å². The maximum Gasteiger partial charge on any atom is 0.241 e. The third-order valence-electron chi connectivity index (χ3n) is 5.62. The number of likely N-dealkylation sites (N-methyl/N-ethyl adjacent to an activating group) is 1. The first kappa shape index (κ1) is 17.2. The fourth-order valence-corrected chi connectivity index (χ4v) is 4.66. The van der Waals surface area contributed by atoms with Crippen LogP contribution in [0.2, 0.25) is 0 Å². The van der Waals surface area contributed by atoms with Gasteiger partial charge in [0.2, 0.25) is 11.8 Å². The Morgan fingerprint density at radius 1 is 1.19 bits per heavy atom. The first-order chi connectivity index (χ1) is 12.6. The Morgan fingerprint density at radius 3 is 2.73 bits per heavy atom. The molecule has 2 fully saturated rings. The molecule has 2 aromatic rings. The maximum absolute atomic E-state index is 12.7. The third-order valence-corrected chi connectivity index (χ3v) is 6.36. The highest BCUT2D eigenvalue weighted by atomic mass is 32.1. The van der Waals surface area contributed by atoms with Gasteiger partial charge in [0, 0.05) is 25.3 Å². The van der Waals surface area contributed by atoms with Crippen LogP contribution >= 0.6 is 11.3 Å². The topological polar surface area (TPSA) is 43.9 Å². The van der Waals surface area contributed by atoms with E-state index in [0.717, 1.165) is 24.2 Å². The van der Waals surface area contributed by atoms with E-state index >= 15 is 0 Å². The van der Waals surface area contributed by atoms with E-state index in [9.17, 15) is 9.59 Å². The lowest BCUT2D eigenvalue weighted by Crippen LogP contribution is -2.64. The molecule has 6 heteroatoms. The number of likely N-dealkylation sites (tertiary alicyclic amines) is 1. The van der Waals surface area contributed by atoms with Gasteiger partial charge in [-0.25, -0.2) is 0 Å². The number of piperazine rings is 1. The molecular weight excluding hydrogens is 346 g/mol. The highest BCUT2D eigenvalue weighted by Crippen LogP contribution is 2.33. The standard InChI is InChI=1S/C20H23N3O2S/c1-21-12-19(25)23(17-5-3-2-4-6-17)15-20(21)8-9-22(14-20)18(24)11-16-7-10-26-13-16/h2-7,10,13H,8-9,11-12,14-15H2,1H3. The van der Waals surface area contributed by atoms with Crippen LogP contribution in [0.25, 0.3) is 0 Å². The average molecular weight is 369 g/mol. The number of anilines is 1. The summed E-state index contributed by atoms with van der Waals surface area (Å²) < 4.78 is 0. The van der Waals surface area contributed by atoms with Gasteiger partial charge in [-0.05, 0) is 48.0 Å². The summed E-state index contributed by atoms with van der Waals surface area (Å²) in [5, 5.41) is 4.04. The summed E-state index contributed by atoms with van der Waals surface area (Å²) in [5.41, 5.74) is 1.86. The van der Waals surface area contributed by atoms with E-state index in [-0.39, 0.29) is 17.4 Å². The number of hydrogen-bond acceptors (Lipinski definition) is 4. The minimum atomic E-state index is -0.159. The van der Waals surface area contributed by atoms with Crippen molar-refractivity contribution in [3.8, 4) is 0 Å². The molecule has 0 saturated carbocycles. The van der Waals surface area contributed by atoms with Crippen LogP contribution in [0.15, 0.2) is 47.2 Å². The van der Waals surface area contributed by atoms with E-state index < -0.39 is 0 Å². The zero-order valence-electron chi connectivity index (χ0n) is 14.9. The first-order valence-electron chi connectivity index (χ1n) is 8.93. The van der Waals surface area contributed by atoms with E-state index in [2.05, 4.69) is 4.90 Å². The average Bonchev–Trinajstić information content (AvgIpc) is 3.30. The van der Waals surface area contributed by atoms with Crippen molar-refractivity contribution in [2.45, 2.75) is 18.4 Å². The second-order valence-corrected chi connectivity index (χ2v) is 8.05. The second-order valence-electron chi connectivity index (χ2n) is 7.27. The zero-order valence-corrected chi connectivity index (χ0v) is 15.7. The molecule has 0 N–H and O–H groups in total. The maximum atomic E-state index is 12.7. The number of hydrogen-bond donors (Lipinski definition) is 0. The number of rotatable bonds is 3. The summed E-state index contributed by atoms with van der Waals surface area (Å²) in [6, 6.07) is 11.8. The van der Waals surface area contributed by atoms with Crippen molar-refractivity contribution in [2.24, 2.45) is 0 Å². The molecule has 4 rings (SSSR count). The van der Waals surface area contributed by atoms with Crippen molar-refractivity contribution in [3.63, 3.8) is 0 Å². The summed E-state index contributed by atoms with van der Waals surface area (Å²) in [6.45, 7) is 2.46. The van der Waals surface area contributed by atoms with Gasteiger partial charge in [0.1, 0.15) is 0 Å². The summed E-state index contributed by atoms with van der Waals surface area (Å²) in [7, 11) is 2.01. The largest absolute Gasteiger partial charge is 0.340 e. The molecule has 1 unspecified atom stereocenters. The molecule has 1 aromatic carbocycles. The van der Waals surface area contributed by atoms with Crippen molar-refractivity contribution < 1.29 is 9.59 Å². The van der Waals surface area contributed by atoms with Crippen LogP contribution in [0.5, 0.6) is 0 Å². The minimum absolute atomic E-state index is 0.118. The van der Waals surface area contributed by atoms with Gasteiger partial charge in [0.05, 0.1) is 18.5 Å². The van der Waals surface area contributed by atoms with Gasteiger partial charge in [-0.1, -0.05) is 18.2 Å². The van der Waals surface area contributed by atoms with Crippen molar-refractivity contribution in [2.75, 3.05) is 38.1 Å². The van der Waals surface area contributed by atoms with Crippen LogP contribution in [0.3, 0.4) is 0 Å². The molecule has 1 spiro atoms. The summed E-state index contributed by atoms with van der Waals surface area (Å²) in [4.78, 5) is 31.3. The lowest BCUT2D eigenvalue weighted by atomic mass is 9.92. The Morgan fingerprint density at radius 2 is 2.00 bits per heavy atom. The van der Waals surface area contributed by atoms with Gasteiger partial charge in [0.25, 0.3) is 0 Å². The monoisotopic (exact) mass is 369 g/mol. The Balaban J connectivity index is 1.50. The van der Waals surface area contributed by atoms with Crippen LogP contribution in [0.4, 0.5) is 5.69 Å². The Bertz CT molecular complexity index is 793. The minimum Gasteiger partial charge on any atom is -0.340 e. The molecule has 2 aliphatic rings. The fraction of sp³-hybridized carbons (Fsp3) is 0.400. The quantitative estimate of drug-likeness (QED) is 0.833. The highest BCUT2D eigenvalue weighted by Gasteiger charge is 2.48. The molecule has 136 valence electrons. The van der Waals surface area contributed by atoms with Gasteiger partial charge < -0.3 is 9.80 Å². The van der Waals surface area contributed by atoms with E-state index in [1.165, 1.54) is 0 Å². The van der Waals surface area contributed by atoms with Crippen LogP contribution < -0.4 is 4.90 Å². The molecule has 2 aliphatic heterocycles. The number of nitrogens with zero attached hydrogens (tertiary/aromatic N) is 3. The van der Waals surface area contributed by atoms with Crippen LogP contribution in [-0.4, -0.2) is 60.4 Å². The SMILES string of the molecule is CN1CC(=O)N(c2ccccc2)CC12CCN(C(=O)Cc1ccsc1)C2. The number of carbonyl (C=O) groups excluding carboxylic acids is 2. The van der Waals surface area contributed by atoms with E-state index in [0.29, 0.717) is 26.1 Å². The van der Waals surface area contributed by atoms with Gasteiger partial charge in [-0.2, -0.15) is 11.3 Å². The molecule has 1 atom stereocenters. The molecule has 2 amide bonds. The molecule has 0 aliphatic carbocycles. The van der Waals surface area contributed by atoms with E-state index in [1.807, 2.05) is 64.0 Å². The van der Waals surface area contributed by atoms with Crippen LogP contribution in [0.1, 0.15) is 12.0 Å². The normalized spacial score (nSPS) is 23.8. The summed E-state index contributed by atoms with van der Waals surface area (Å²) in [6.07, 6.45) is 1.36. The predicted molar refractivity (Wildman–Crippen MR) is 103 cm³/mol. The second kappa shape index (κ2) is 6.85. The number of carbonyl (C=O) groups is 2. The molecule has 3 heterocycles. The Labute approximate surface area is 157 Å². The number of thiophene rings is 1. The van der Waals surface area contributed by atoms with Gasteiger partial charge in [-0.3, -0.25) is 14.5 Å². The number of amides is 2. The molecular formula is C20H23N3O2S. The number of para-hydroxylation sites is 1. The molecule has 0 radical (unpaired) electrons. The zero-order chi connectivity index (χ0) is 18.1. The van der Waals surface area contributed by atoms with Crippen molar-refractivity contribution in [3.05, 3.63) is 52.7 Å². The molecule has 5 nitrogen and oxygen atoms in total. The van der Waals surface area contributed by atoms with Crippen molar-refractivity contribution in [1.29, 1.82) is 0 Å². The van der Waals surface area contributed by atoms with Gasteiger partial charge in [-0.15, -0.1) is 0 Å². The molecule has 26 heavy (non-hydrogen) atoms. The van der Waals surface area contributed by atoms with Crippen molar-refractivity contribution >= 4 is 28.8 Å². The van der Waals surface area contributed by atoms with Gasteiger partial charge >= 0.3 is 0 Å². The summed E-state index contributed by atoms with van der Waals surface area (Å²) in [5.74, 6) is 0.296. The van der Waals surface area contributed by atoms with Gasteiger partial charge in [0.15, 0.2) is 0 Å². The molecule has 1 aromatic heterocycles. The Kier molecular flexibility index (Phi) is 4.54. The predicted octanol–water partition coefficient (Wildman–Crippen LogP) is 2.24. The number of benzene rings is 1. The van der Waals surface area contributed by atoms with Crippen LogP contribution in [0, 0.1) is 0 Å². The van der Waals surface area contributed by atoms with Crippen LogP contribution in [-0.2, 0) is 16.0 Å². The lowest BCUT2D eigenvalue weighted by Gasteiger charge is -2.46. The Hall–Kier alpha value is -2.18.